The third-order valence-electron chi connectivity index (χ3n) is 2.28. The minimum Gasteiger partial charge on any atom is -0.506 e. The summed E-state index contributed by atoms with van der Waals surface area (Å²) >= 11 is 0. The van der Waals surface area contributed by atoms with Gasteiger partial charge in [-0.1, -0.05) is 32.9 Å². The summed E-state index contributed by atoms with van der Waals surface area (Å²) in [4.78, 5) is 11.6. The second kappa shape index (κ2) is 5.01. The minimum absolute atomic E-state index is 0.0589. The van der Waals surface area contributed by atoms with Gasteiger partial charge in [0.05, 0.1) is 5.69 Å². The maximum atomic E-state index is 11.6. The minimum atomic E-state index is -0.0589. The number of aromatic hydroxyl groups is 1. The highest BCUT2D eigenvalue weighted by molar-refractivity contribution is 5.92. The van der Waals surface area contributed by atoms with Gasteiger partial charge in [0, 0.05) is 6.42 Å². The molecule has 3 nitrogen and oxygen atoms in total. The monoisotopic (exact) mass is 221 g/mol. The second-order valence-electron chi connectivity index (χ2n) is 5.13. The molecule has 16 heavy (non-hydrogen) atoms. The Morgan fingerprint density at radius 1 is 1.31 bits per heavy atom. The van der Waals surface area contributed by atoms with Crippen LogP contribution in [-0.4, -0.2) is 11.0 Å². The number of benzene rings is 1. The molecule has 0 aliphatic carbocycles. The molecule has 0 heterocycles. The Kier molecular flexibility index (Phi) is 3.93. The first-order chi connectivity index (χ1) is 7.38. The molecule has 0 fully saturated rings. The van der Waals surface area contributed by atoms with E-state index in [1.165, 1.54) is 0 Å². The molecule has 0 atom stereocenters. The zero-order valence-electron chi connectivity index (χ0n) is 10.1. The number of hydrogen-bond acceptors (Lipinski definition) is 2. The van der Waals surface area contributed by atoms with Crippen LogP contribution in [0.25, 0.3) is 0 Å². The van der Waals surface area contributed by atoms with Crippen molar-refractivity contribution in [2.24, 2.45) is 5.41 Å². The molecule has 1 aromatic rings. The lowest BCUT2D eigenvalue weighted by Gasteiger charge is -2.17. The lowest BCUT2D eigenvalue weighted by atomic mass is 9.90. The second-order valence-corrected chi connectivity index (χ2v) is 5.13. The summed E-state index contributed by atoms with van der Waals surface area (Å²) in [5.41, 5.74) is 0.622. The van der Waals surface area contributed by atoms with Crippen LogP contribution in [0.3, 0.4) is 0 Å². The van der Waals surface area contributed by atoms with Crippen LogP contribution in [0.2, 0.25) is 0 Å². The maximum absolute atomic E-state index is 11.6. The van der Waals surface area contributed by atoms with Crippen molar-refractivity contribution >= 4 is 11.6 Å². The highest BCUT2D eigenvalue weighted by atomic mass is 16.3. The Hall–Kier alpha value is -1.51. The molecule has 2 N–H and O–H groups in total. The van der Waals surface area contributed by atoms with E-state index in [1.54, 1.807) is 24.3 Å². The highest BCUT2D eigenvalue weighted by Gasteiger charge is 2.13. The normalized spacial score (nSPS) is 11.2. The Balaban J connectivity index is 2.50. The molecule has 0 aliphatic rings. The van der Waals surface area contributed by atoms with Crippen LogP contribution >= 0.6 is 0 Å². The van der Waals surface area contributed by atoms with Gasteiger partial charge >= 0.3 is 0 Å². The van der Waals surface area contributed by atoms with Crippen LogP contribution in [0.4, 0.5) is 5.69 Å². The van der Waals surface area contributed by atoms with Gasteiger partial charge in [-0.3, -0.25) is 4.79 Å². The molecule has 1 rings (SSSR count). The quantitative estimate of drug-likeness (QED) is 0.770. The molecule has 3 heteroatoms. The number of phenolic OH excluding ortho intramolecular Hbond substituents is 1. The molecule has 0 aromatic heterocycles. The fraction of sp³-hybridized carbons (Fsp3) is 0.462. The molecule has 88 valence electrons. The number of para-hydroxylation sites is 2. The number of hydrogen-bond donors (Lipinski definition) is 2. The molecular formula is C13H19NO2. The van der Waals surface area contributed by atoms with Crippen molar-refractivity contribution in [1.29, 1.82) is 0 Å². The fourth-order valence-electron chi connectivity index (χ4n) is 1.28. The fourth-order valence-corrected chi connectivity index (χ4v) is 1.28. The SMILES string of the molecule is CC(C)(C)CCC(=O)Nc1ccccc1O. The van der Waals surface area contributed by atoms with Crippen molar-refractivity contribution in [2.75, 3.05) is 5.32 Å². The Morgan fingerprint density at radius 2 is 1.94 bits per heavy atom. The topological polar surface area (TPSA) is 49.3 Å². The Labute approximate surface area is 96.5 Å². The maximum Gasteiger partial charge on any atom is 0.224 e. The van der Waals surface area contributed by atoms with Crippen molar-refractivity contribution in [3.63, 3.8) is 0 Å². The van der Waals surface area contributed by atoms with Crippen LogP contribution in [0.15, 0.2) is 24.3 Å². The predicted octanol–water partition coefficient (Wildman–Crippen LogP) is 3.16. The van der Waals surface area contributed by atoms with Crippen molar-refractivity contribution in [2.45, 2.75) is 33.6 Å². The van der Waals surface area contributed by atoms with Gasteiger partial charge in [0.2, 0.25) is 5.91 Å². The standard InChI is InChI=1S/C13H19NO2/c1-13(2,3)9-8-12(16)14-10-6-4-5-7-11(10)15/h4-7,15H,8-9H2,1-3H3,(H,14,16). The lowest BCUT2D eigenvalue weighted by molar-refractivity contribution is -0.116. The molecule has 0 spiro atoms. The summed E-state index contributed by atoms with van der Waals surface area (Å²) in [5, 5.41) is 12.2. The van der Waals surface area contributed by atoms with Crippen molar-refractivity contribution in [3.8, 4) is 5.75 Å². The van der Waals surface area contributed by atoms with E-state index in [0.29, 0.717) is 12.1 Å². The number of amides is 1. The number of phenols is 1. The van der Waals surface area contributed by atoms with Gasteiger partial charge in [-0.15, -0.1) is 0 Å². The van der Waals surface area contributed by atoms with E-state index in [4.69, 9.17) is 0 Å². The van der Waals surface area contributed by atoms with E-state index in [1.807, 2.05) is 0 Å². The number of rotatable bonds is 3. The summed E-state index contributed by atoms with van der Waals surface area (Å²) in [6.07, 6.45) is 1.30. The first-order valence-electron chi connectivity index (χ1n) is 5.46. The molecule has 0 radical (unpaired) electrons. The molecular weight excluding hydrogens is 202 g/mol. The molecule has 0 saturated carbocycles. The average molecular weight is 221 g/mol. The van der Waals surface area contributed by atoms with Gasteiger partial charge in [0.25, 0.3) is 0 Å². The molecule has 0 bridgehead atoms. The lowest BCUT2D eigenvalue weighted by Crippen LogP contribution is -2.15. The van der Waals surface area contributed by atoms with Crippen LogP contribution in [0.1, 0.15) is 33.6 Å². The van der Waals surface area contributed by atoms with E-state index in [0.717, 1.165) is 6.42 Å². The largest absolute Gasteiger partial charge is 0.506 e. The predicted molar refractivity (Wildman–Crippen MR) is 65.4 cm³/mol. The summed E-state index contributed by atoms with van der Waals surface area (Å²) in [6, 6.07) is 6.74. The Bertz CT molecular complexity index is 366. The van der Waals surface area contributed by atoms with Gasteiger partial charge in [-0.2, -0.15) is 0 Å². The molecule has 0 saturated heterocycles. The zero-order chi connectivity index (χ0) is 12.2. The number of carbonyl (C=O) groups is 1. The van der Waals surface area contributed by atoms with E-state index >= 15 is 0 Å². The van der Waals surface area contributed by atoms with Gasteiger partial charge in [-0.05, 0) is 24.0 Å². The smallest absolute Gasteiger partial charge is 0.224 e. The molecule has 0 aliphatic heterocycles. The summed E-state index contributed by atoms with van der Waals surface area (Å²) in [6.45, 7) is 6.29. The number of carbonyl (C=O) groups excluding carboxylic acids is 1. The Morgan fingerprint density at radius 3 is 2.50 bits per heavy atom. The van der Waals surface area contributed by atoms with Crippen LogP contribution in [-0.2, 0) is 4.79 Å². The third kappa shape index (κ3) is 4.34. The van der Waals surface area contributed by atoms with Crippen LogP contribution in [0, 0.1) is 5.41 Å². The first kappa shape index (κ1) is 12.6. The summed E-state index contributed by atoms with van der Waals surface area (Å²) < 4.78 is 0. The third-order valence-corrected chi connectivity index (χ3v) is 2.28. The number of nitrogens with one attached hydrogen (secondary N) is 1. The van der Waals surface area contributed by atoms with Gasteiger partial charge in [0.1, 0.15) is 5.75 Å². The van der Waals surface area contributed by atoms with Crippen LogP contribution < -0.4 is 5.32 Å². The van der Waals surface area contributed by atoms with E-state index in [2.05, 4.69) is 26.1 Å². The average Bonchev–Trinajstić information content (AvgIpc) is 2.18. The van der Waals surface area contributed by atoms with Gasteiger partial charge in [-0.25, -0.2) is 0 Å². The van der Waals surface area contributed by atoms with E-state index in [9.17, 15) is 9.90 Å². The molecule has 1 aromatic carbocycles. The molecule has 0 unspecified atom stereocenters. The van der Waals surface area contributed by atoms with Crippen molar-refractivity contribution in [1.82, 2.24) is 0 Å². The van der Waals surface area contributed by atoms with E-state index in [-0.39, 0.29) is 17.1 Å². The number of anilines is 1. The van der Waals surface area contributed by atoms with Gasteiger partial charge < -0.3 is 10.4 Å². The van der Waals surface area contributed by atoms with Crippen LogP contribution in [0.5, 0.6) is 5.75 Å². The summed E-state index contributed by atoms with van der Waals surface area (Å²) in [5.74, 6) is 0.0445. The van der Waals surface area contributed by atoms with E-state index < -0.39 is 0 Å². The van der Waals surface area contributed by atoms with Crippen molar-refractivity contribution in [3.05, 3.63) is 24.3 Å². The summed E-state index contributed by atoms with van der Waals surface area (Å²) in [7, 11) is 0. The van der Waals surface area contributed by atoms with Gasteiger partial charge in [0.15, 0.2) is 0 Å². The first-order valence-corrected chi connectivity index (χ1v) is 5.46. The molecule has 1 amide bonds. The highest BCUT2D eigenvalue weighted by Crippen LogP contribution is 2.24. The van der Waals surface area contributed by atoms with Crippen molar-refractivity contribution < 1.29 is 9.90 Å². The zero-order valence-corrected chi connectivity index (χ0v) is 10.1.